The summed E-state index contributed by atoms with van der Waals surface area (Å²) in [5.74, 6) is -0.168. The lowest BCUT2D eigenvalue weighted by atomic mass is 9.98. The standard InChI is InChI=1S/C14H20N2O4S/c1-9-8-10(2)13(21(15,18)19)11(3)12(9)14(17)16-4-6-20-7-5-16/h8H,4-7H2,1-3H3,(H2,15,18,19). The van der Waals surface area contributed by atoms with Gasteiger partial charge in [0.2, 0.25) is 10.0 Å². The van der Waals surface area contributed by atoms with Gasteiger partial charge in [-0.2, -0.15) is 0 Å². The summed E-state index contributed by atoms with van der Waals surface area (Å²) in [7, 11) is -3.86. The number of rotatable bonds is 2. The minimum absolute atomic E-state index is 0.0460. The maximum Gasteiger partial charge on any atom is 0.254 e. The Labute approximate surface area is 124 Å². The third kappa shape index (κ3) is 3.09. The molecule has 1 aromatic carbocycles. The molecule has 6 nitrogen and oxygen atoms in total. The van der Waals surface area contributed by atoms with Crippen molar-refractivity contribution < 1.29 is 17.9 Å². The van der Waals surface area contributed by atoms with Crippen LogP contribution in [0.3, 0.4) is 0 Å². The topological polar surface area (TPSA) is 89.7 Å². The van der Waals surface area contributed by atoms with Crippen LogP contribution in [0.1, 0.15) is 27.0 Å². The van der Waals surface area contributed by atoms with E-state index in [2.05, 4.69) is 0 Å². The van der Waals surface area contributed by atoms with Crippen molar-refractivity contribution in [1.82, 2.24) is 4.90 Å². The Kier molecular flexibility index (Phi) is 4.36. The second kappa shape index (κ2) is 5.75. The van der Waals surface area contributed by atoms with Crippen molar-refractivity contribution in [2.75, 3.05) is 26.3 Å². The molecule has 2 N–H and O–H groups in total. The number of amides is 1. The van der Waals surface area contributed by atoms with Crippen LogP contribution >= 0.6 is 0 Å². The molecule has 0 saturated carbocycles. The number of primary sulfonamides is 1. The Balaban J connectivity index is 2.56. The molecule has 21 heavy (non-hydrogen) atoms. The third-order valence-electron chi connectivity index (χ3n) is 3.70. The highest BCUT2D eigenvalue weighted by molar-refractivity contribution is 7.89. The molecule has 1 aliphatic rings. The van der Waals surface area contributed by atoms with Gasteiger partial charge in [0.15, 0.2) is 0 Å². The summed E-state index contributed by atoms with van der Waals surface area (Å²) in [5, 5.41) is 5.28. The van der Waals surface area contributed by atoms with Crippen molar-refractivity contribution in [3.8, 4) is 0 Å². The van der Waals surface area contributed by atoms with Gasteiger partial charge in [0.25, 0.3) is 5.91 Å². The van der Waals surface area contributed by atoms with Crippen LogP contribution in [0.25, 0.3) is 0 Å². The average Bonchev–Trinajstić information content (AvgIpc) is 2.37. The first-order chi connectivity index (χ1) is 9.73. The van der Waals surface area contributed by atoms with Gasteiger partial charge in [-0.15, -0.1) is 0 Å². The predicted octanol–water partition coefficient (Wildman–Crippen LogP) is 0.732. The smallest absolute Gasteiger partial charge is 0.254 e. The zero-order chi connectivity index (χ0) is 15.8. The van der Waals surface area contributed by atoms with Crippen molar-refractivity contribution >= 4 is 15.9 Å². The van der Waals surface area contributed by atoms with Crippen LogP contribution in [0, 0.1) is 20.8 Å². The van der Waals surface area contributed by atoms with Gasteiger partial charge in [-0.25, -0.2) is 13.6 Å². The van der Waals surface area contributed by atoms with Crippen LogP contribution in [0.2, 0.25) is 0 Å². The first-order valence-electron chi connectivity index (χ1n) is 6.74. The van der Waals surface area contributed by atoms with E-state index in [-0.39, 0.29) is 10.8 Å². The van der Waals surface area contributed by atoms with Gasteiger partial charge >= 0.3 is 0 Å². The van der Waals surface area contributed by atoms with Crippen LogP contribution in [0.4, 0.5) is 0 Å². The number of nitrogens with zero attached hydrogens (tertiary/aromatic N) is 1. The highest BCUT2D eigenvalue weighted by atomic mass is 32.2. The largest absolute Gasteiger partial charge is 0.378 e. The Hall–Kier alpha value is -1.44. The summed E-state index contributed by atoms with van der Waals surface area (Å²) in [6.07, 6.45) is 0. The summed E-state index contributed by atoms with van der Waals surface area (Å²) in [5.41, 5.74) is 2.16. The molecule has 0 spiro atoms. The number of carbonyl (C=O) groups excluding carboxylic acids is 1. The van der Waals surface area contributed by atoms with Gasteiger partial charge in [0, 0.05) is 18.7 Å². The minimum Gasteiger partial charge on any atom is -0.378 e. The normalized spacial score (nSPS) is 16.1. The van der Waals surface area contributed by atoms with Crippen LogP contribution < -0.4 is 5.14 Å². The van der Waals surface area contributed by atoms with Gasteiger partial charge in [0.1, 0.15) is 0 Å². The third-order valence-corrected chi connectivity index (χ3v) is 4.89. The quantitative estimate of drug-likeness (QED) is 0.872. The summed E-state index contributed by atoms with van der Waals surface area (Å²) in [4.78, 5) is 14.4. The maximum absolute atomic E-state index is 12.7. The van der Waals surface area contributed by atoms with E-state index in [0.29, 0.717) is 43.0 Å². The monoisotopic (exact) mass is 312 g/mol. The number of sulfonamides is 1. The fraction of sp³-hybridized carbons (Fsp3) is 0.500. The van der Waals surface area contributed by atoms with Gasteiger partial charge in [-0.3, -0.25) is 4.79 Å². The highest BCUT2D eigenvalue weighted by Crippen LogP contribution is 2.26. The Morgan fingerprint density at radius 1 is 1.19 bits per heavy atom. The predicted molar refractivity (Wildman–Crippen MR) is 78.7 cm³/mol. The van der Waals surface area contributed by atoms with E-state index in [9.17, 15) is 13.2 Å². The molecule has 0 radical (unpaired) electrons. The molecular formula is C14H20N2O4S. The molecule has 1 heterocycles. The maximum atomic E-state index is 12.7. The summed E-state index contributed by atoms with van der Waals surface area (Å²) >= 11 is 0. The van der Waals surface area contributed by atoms with Crippen molar-refractivity contribution in [2.45, 2.75) is 25.7 Å². The number of ether oxygens (including phenoxy) is 1. The zero-order valence-electron chi connectivity index (χ0n) is 12.5. The van der Waals surface area contributed by atoms with Crippen molar-refractivity contribution in [2.24, 2.45) is 5.14 Å². The summed E-state index contributed by atoms with van der Waals surface area (Å²) < 4.78 is 28.8. The van der Waals surface area contributed by atoms with Crippen LogP contribution in [0.5, 0.6) is 0 Å². The second-order valence-electron chi connectivity index (χ2n) is 5.29. The lowest BCUT2D eigenvalue weighted by molar-refractivity contribution is 0.0301. The first kappa shape index (κ1) is 15.9. The lowest BCUT2D eigenvalue weighted by Gasteiger charge is -2.28. The number of carbonyl (C=O) groups is 1. The number of benzene rings is 1. The average molecular weight is 312 g/mol. The zero-order valence-corrected chi connectivity index (χ0v) is 13.3. The Morgan fingerprint density at radius 3 is 2.29 bits per heavy atom. The van der Waals surface area contributed by atoms with Gasteiger partial charge in [-0.05, 0) is 37.5 Å². The lowest BCUT2D eigenvalue weighted by Crippen LogP contribution is -2.41. The van der Waals surface area contributed by atoms with Crippen LogP contribution in [0.15, 0.2) is 11.0 Å². The van der Waals surface area contributed by atoms with Crippen molar-refractivity contribution in [3.05, 3.63) is 28.3 Å². The summed E-state index contributed by atoms with van der Waals surface area (Å²) in [6.45, 7) is 7.14. The van der Waals surface area contributed by atoms with Gasteiger partial charge < -0.3 is 9.64 Å². The molecule has 1 fully saturated rings. The van der Waals surface area contributed by atoms with E-state index in [0.717, 1.165) is 5.56 Å². The number of hydrogen-bond donors (Lipinski definition) is 1. The van der Waals surface area contributed by atoms with Crippen LogP contribution in [-0.2, 0) is 14.8 Å². The number of morpholine rings is 1. The number of nitrogens with two attached hydrogens (primary N) is 1. The van der Waals surface area contributed by atoms with Gasteiger partial charge in [0.05, 0.1) is 18.1 Å². The molecule has 0 unspecified atom stereocenters. The van der Waals surface area contributed by atoms with Crippen molar-refractivity contribution in [3.63, 3.8) is 0 Å². The first-order valence-corrected chi connectivity index (χ1v) is 8.28. The fourth-order valence-corrected chi connectivity index (χ4v) is 3.90. The highest BCUT2D eigenvalue weighted by Gasteiger charge is 2.26. The molecule has 116 valence electrons. The van der Waals surface area contributed by atoms with E-state index in [1.165, 1.54) is 0 Å². The molecular weight excluding hydrogens is 292 g/mol. The summed E-state index contributed by atoms with van der Waals surface area (Å²) in [6, 6.07) is 1.69. The molecule has 2 rings (SSSR count). The van der Waals surface area contributed by atoms with E-state index in [1.807, 2.05) is 0 Å². The van der Waals surface area contributed by atoms with E-state index >= 15 is 0 Å². The van der Waals surface area contributed by atoms with E-state index in [4.69, 9.17) is 9.88 Å². The second-order valence-corrected chi connectivity index (χ2v) is 6.79. The molecule has 7 heteroatoms. The number of hydrogen-bond acceptors (Lipinski definition) is 4. The molecule has 1 amide bonds. The van der Waals surface area contributed by atoms with E-state index < -0.39 is 10.0 Å². The minimum atomic E-state index is -3.86. The Bertz CT molecular complexity index is 677. The molecule has 1 aliphatic heterocycles. The molecule has 0 atom stereocenters. The molecule has 0 aromatic heterocycles. The van der Waals surface area contributed by atoms with Crippen LogP contribution in [-0.4, -0.2) is 45.5 Å². The molecule has 0 aliphatic carbocycles. The van der Waals surface area contributed by atoms with Crippen molar-refractivity contribution in [1.29, 1.82) is 0 Å². The number of aryl methyl sites for hydroxylation is 2. The molecule has 1 aromatic rings. The fourth-order valence-electron chi connectivity index (χ4n) is 2.86. The Morgan fingerprint density at radius 2 is 1.76 bits per heavy atom. The molecule has 0 bridgehead atoms. The molecule has 1 saturated heterocycles. The SMILES string of the molecule is Cc1cc(C)c(S(N)(=O)=O)c(C)c1C(=O)N1CCOCC1. The van der Waals surface area contributed by atoms with E-state index in [1.54, 1.807) is 31.7 Å². The van der Waals surface area contributed by atoms with Gasteiger partial charge in [-0.1, -0.05) is 6.07 Å².